The summed E-state index contributed by atoms with van der Waals surface area (Å²) in [5.41, 5.74) is 18.0. The fourth-order valence-electron chi connectivity index (χ4n) is 2.37. The zero-order valence-corrected chi connectivity index (χ0v) is 12.1. The van der Waals surface area contributed by atoms with Gasteiger partial charge in [0.1, 0.15) is 0 Å². The molecule has 0 fully saturated rings. The van der Waals surface area contributed by atoms with Gasteiger partial charge in [-0.3, -0.25) is 0 Å². The van der Waals surface area contributed by atoms with Crippen LogP contribution in [-0.2, 0) is 0 Å². The molecular formula is C19H17N3. The topological polar surface area (TPSA) is 75.9 Å². The smallest absolute Gasteiger partial charge is 0.0540 e. The van der Waals surface area contributed by atoms with Crippen LogP contribution in [0.5, 0.6) is 0 Å². The number of hydrogen-bond donors (Lipinski definition) is 3. The lowest BCUT2D eigenvalue weighted by Crippen LogP contribution is -1.93. The van der Waals surface area contributed by atoms with Crippen molar-refractivity contribution in [3.05, 3.63) is 77.9 Å². The van der Waals surface area contributed by atoms with E-state index in [9.17, 15) is 0 Å². The van der Waals surface area contributed by atoms with Crippen LogP contribution < -0.4 is 11.5 Å². The van der Waals surface area contributed by atoms with E-state index < -0.39 is 0 Å². The Bertz CT molecular complexity index is 791. The van der Waals surface area contributed by atoms with E-state index in [-0.39, 0.29) is 0 Å². The van der Waals surface area contributed by atoms with E-state index in [1.165, 1.54) is 0 Å². The van der Waals surface area contributed by atoms with Crippen molar-refractivity contribution in [2.24, 2.45) is 0 Å². The highest BCUT2D eigenvalue weighted by Crippen LogP contribution is 2.29. The Balaban J connectivity index is 2.07. The van der Waals surface area contributed by atoms with Gasteiger partial charge in [-0.2, -0.15) is 0 Å². The van der Waals surface area contributed by atoms with Crippen LogP contribution in [0.3, 0.4) is 0 Å². The molecule has 0 bridgehead atoms. The predicted molar refractivity (Wildman–Crippen MR) is 94.7 cm³/mol. The molecule has 2 aromatic carbocycles. The second-order valence-corrected chi connectivity index (χ2v) is 5.24. The average molecular weight is 287 g/mol. The Morgan fingerprint density at radius 3 is 2.09 bits per heavy atom. The molecule has 2 aromatic rings. The van der Waals surface area contributed by atoms with Crippen molar-refractivity contribution in [2.45, 2.75) is 0 Å². The molecule has 0 atom stereocenters. The van der Waals surface area contributed by atoms with Gasteiger partial charge in [-0.05, 0) is 64.8 Å². The largest absolute Gasteiger partial charge is 0.399 e. The van der Waals surface area contributed by atoms with E-state index in [2.05, 4.69) is 6.08 Å². The maximum atomic E-state index is 7.55. The van der Waals surface area contributed by atoms with E-state index in [1.54, 1.807) is 12.2 Å². The monoisotopic (exact) mass is 287 g/mol. The van der Waals surface area contributed by atoms with Gasteiger partial charge in [0, 0.05) is 11.4 Å². The van der Waals surface area contributed by atoms with Crippen LogP contribution in [0.25, 0.3) is 17.2 Å². The molecule has 0 saturated carbocycles. The van der Waals surface area contributed by atoms with Crippen molar-refractivity contribution in [3.63, 3.8) is 0 Å². The van der Waals surface area contributed by atoms with Crippen molar-refractivity contribution in [2.75, 3.05) is 11.5 Å². The number of allylic oxidation sites excluding steroid dienone is 5. The van der Waals surface area contributed by atoms with Crippen molar-refractivity contribution in [1.29, 1.82) is 5.41 Å². The lowest BCUT2D eigenvalue weighted by molar-refractivity contribution is 1.51. The SMILES string of the molecule is N=C1C=CC(=Cc2ccc(N)cc2-c2ccc(N)cc2)C=C1. The van der Waals surface area contributed by atoms with Crippen LogP contribution in [-0.4, -0.2) is 5.71 Å². The summed E-state index contributed by atoms with van der Waals surface area (Å²) in [7, 11) is 0. The van der Waals surface area contributed by atoms with Crippen molar-refractivity contribution >= 4 is 23.2 Å². The summed E-state index contributed by atoms with van der Waals surface area (Å²) in [6, 6.07) is 13.6. The third-order valence-electron chi connectivity index (χ3n) is 3.53. The number of nitrogen functional groups attached to an aromatic ring is 2. The Morgan fingerprint density at radius 1 is 0.773 bits per heavy atom. The zero-order chi connectivity index (χ0) is 15.5. The molecule has 108 valence electrons. The first-order chi connectivity index (χ1) is 10.6. The number of rotatable bonds is 2. The maximum absolute atomic E-state index is 7.55. The summed E-state index contributed by atoms with van der Waals surface area (Å²) in [6.07, 6.45) is 9.53. The first-order valence-corrected chi connectivity index (χ1v) is 7.04. The van der Waals surface area contributed by atoms with Crippen LogP contribution in [0.15, 0.2) is 72.3 Å². The average Bonchev–Trinajstić information content (AvgIpc) is 2.52. The minimum Gasteiger partial charge on any atom is -0.399 e. The number of nitrogens with two attached hydrogens (primary N) is 2. The van der Waals surface area contributed by atoms with Crippen LogP contribution in [0.1, 0.15) is 5.56 Å². The highest BCUT2D eigenvalue weighted by Gasteiger charge is 2.05. The first kappa shape index (κ1) is 13.9. The van der Waals surface area contributed by atoms with Gasteiger partial charge >= 0.3 is 0 Å². The number of anilines is 2. The summed E-state index contributed by atoms with van der Waals surface area (Å²) in [5, 5.41) is 7.55. The highest BCUT2D eigenvalue weighted by molar-refractivity contribution is 6.04. The quantitative estimate of drug-likeness (QED) is 0.729. The molecule has 0 unspecified atom stereocenters. The van der Waals surface area contributed by atoms with Gasteiger partial charge in [-0.25, -0.2) is 0 Å². The molecule has 5 N–H and O–H groups in total. The molecular weight excluding hydrogens is 270 g/mol. The van der Waals surface area contributed by atoms with E-state index in [0.717, 1.165) is 33.6 Å². The van der Waals surface area contributed by atoms with Gasteiger partial charge in [0.05, 0.1) is 5.71 Å². The van der Waals surface area contributed by atoms with Crippen LogP contribution in [0.4, 0.5) is 11.4 Å². The molecule has 3 rings (SSSR count). The number of nitrogens with one attached hydrogen (secondary N) is 1. The van der Waals surface area contributed by atoms with Crippen LogP contribution in [0, 0.1) is 5.41 Å². The molecule has 3 heteroatoms. The molecule has 0 aliphatic heterocycles. The summed E-state index contributed by atoms with van der Waals surface area (Å²) in [6.45, 7) is 0. The Hall–Kier alpha value is -3.07. The van der Waals surface area contributed by atoms with E-state index in [0.29, 0.717) is 5.71 Å². The Kier molecular flexibility index (Phi) is 3.62. The molecule has 22 heavy (non-hydrogen) atoms. The highest BCUT2D eigenvalue weighted by atomic mass is 14.5. The summed E-state index contributed by atoms with van der Waals surface area (Å²) in [4.78, 5) is 0. The van der Waals surface area contributed by atoms with Crippen molar-refractivity contribution in [3.8, 4) is 11.1 Å². The molecule has 3 nitrogen and oxygen atoms in total. The zero-order valence-electron chi connectivity index (χ0n) is 12.1. The third-order valence-corrected chi connectivity index (χ3v) is 3.53. The number of benzene rings is 2. The second kappa shape index (κ2) is 5.74. The van der Waals surface area contributed by atoms with E-state index in [4.69, 9.17) is 16.9 Å². The van der Waals surface area contributed by atoms with Crippen LogP contribution >= 0.6 is 0 Å². The van der Waals surface area contributed by atoms with E-state index >= 15 is 0 Å². The Morgan fingerprint density at radius 2 is 1.41 bits per heavy atom. The molecule has 1 aliphatic carbocycles. The summed E-state index contributed by atoms with van der Waals surface area (Å²) < 4.78 is 0. The lowest BCUT2D eigenvalue weighted by atomic mass is 9.96. The first-order valence-electron chi connectivity index (χ1n) is 7.04. The van der Waals surface area contributed by atoms with Crippen molar-refractivity contribution in [1.82, 2.24) is 0 Å². The van der Waals surface area contributed by atoms with Gasteiger partial charge in [0.2, 0.25) is 0 Å². The fourth-order valence-corrected chi connectivity index (χ4v) is 2.37. The second-order valence-electron chi connectivity index (χ2n) is 5.24. The minimum absolute atomic E-state index is 0.508. The lowest BCUT2D eigenvalue weighted by Gasteiger charge is -2.10. The molecule has 0 amide bonds. The molecule has 0 spiro atoms. The molecule has 1 aliphatic rings. The van der Waals surface area contributed by atoms with Crippen LogP contribution in [0.2, 0.25) is 0 Å². The molecule has 0 aromatic heterocycles. The third kappa shape index (κ3) is 2.99. The van der Waals surface area contributed by atoms with E-state index in [1.807, 2.05) is 54.6 Å². The minimum atomic E-state index is 0.508. The normalized spacial score (nSPS) is 13.5. The van der Waals surface area contributed by atoms with Gasteiger partial charge in [0.15, 0.2) is 0 Å². The fraction of sp³-hybridized carbons (Fsp3) is 0. The molecule has 0 radical (unpaired) electrons. The van der Waals surface area contributed by atoms with Crippen molar-refractivity contribution < 1.29 is 0 Å². The van der Waals surface area contributed by atoms with Gasteiger partial charge in [-0.15, -0.1) is 0 Å². The number of hydrogen-bond acceptors (Lipinski definition) is 3. The summed E-state index contributed by atoms with van der Waals surface area (Å²) in [5.74, 6) is 0. The van der Waals surface area contributed by atoms with Gasteiger partial charge < -0.3 is 16.9 Å². The summed E-state index contributed by atoms with van der Waals surface area (Å²) >= 11 is 0. The van der Waals surface area contributed by atoms with Gasteiger partial charge in [-0.1, -0.05) is 30.4 Å². The Labute approximate surface area is 129 Å². The molecule has 0 saturated heterocycles. The van der Waals surface area contributed by atoms with Gasteiger partial charge in [0.25, 0.3) is 0 Å². The standard InChI is InChI=1S/C19H17N3/c20-16-6-1-13(2-7-16)11-15-5-10-18(22)12-19(15)14-3-8-17(21)9-4-14/h1-12,20H,21-22H2. The molecule has 0 heterocycles. The predicted octanol–water partition coefficient (Wildman–Crippen LogP) is 4.05. The maximum Gasteiger partial charge on any atom is 0.0540 e.